The SMILES string of the molecule is N#CCC(=O)c1ccc(Br)c(F)c1F. The molecular weight excluding hydrogens is 256 g/mol. The van der Waals surface area contributed by atoms with Gasteiger partial charge in [0.15, 0.2) is 17.4 Å². The van der Waals surface area contributed by atoms with E-state index in [1.54, 1.807) is 6.07 Å². The number of Topliss-reactive ketones (excluding diaryl/α,β-unsaturated/α-hetero) is 1. The van der Waals surface area contributed by atoms with E-state index in [0.717, 1.165) is 6.07 Å². The highest BCUT2D eigenvalue weighted by molar-refractivity contribution is 9.10. The van der Waals surface area contributed by atoms with Crippen LogP contribution in [0.5, 0.6) is 0 Å². The molecule has 5 heteroatoms. The van der Waals surface area contributed by atoms with Gasteiger partial charge in [-0.2, -0.15) is 5.26 Å². The molecule has 0 saturated carbocycles. The molecule has 2 nitrogen and oxygen atoms in total. The molecule has 0 radical (unpaired) electrons. The lowest BCUT2D eigenvalue weighted by Gasteiger charge is -2.01. The predicted octanol–water partition coefficient (Wildman–Crippen LogP) is 2.82. The minimum atomic E-state index is -1.22. The van der Waals surface area contributed by atoms with Gasteiger partial charge >= 0.3 is 0 Å². The Morgan fingerprint density at radius 1 is 1.43 bits per heavy atom. The summed E-state index contributed by atoms with van der Waals surface area (Å²) in [6.07, 6.45) is -0.460. The fourth-order valence-electron chi connectivity index (χ4n) is 0.908. The number of nitriles is 1. The van der Waals surface area contributed by atoms with Gasteiger partial charge in [0.05, 0.1) is 22.5 Å². The maximum atomic E-state index is 13.1. The van der Waals surface area contributed by atoms with Gasteiger partial charge in [-0.1, -0.05) is 0 Å². The third-order valence-corrected chi connectivity index (χ3v) is 2.19. The van der Waals surface area contributed by atoms with Crippen molar-refractivity contribution in [1.82, 2.24) is 0 Å². The second-order valence-corrected chi connectivity index (χ2v) is 3.34. The summed E-state index contributed by atoms with van der Waals surface area (Å²) in [4.78, 5) is 11.1. The summed E-state index contributed by atoms with van der Waals surface area (Å²) in [5.41, 5.74) is -0.396. The van der Waals surface area contributed by atoms with E-state index in [-0.39, 0.29) is 4.47 Å². The molecule has 0 spiro atoms. The second kappa shape index (κ2) is 4.29. The molecule has 0 aliphatic rings. The molecule has 14 heavy (non-hydrogen) atoms. The monoisotopic (exact) mass is 259 g/mol. The van der Waals surface area contributed by atoms with E-state index in [9.17, 15) is 13.6 Å². The molecule has 1 aromatic carbocycles. The third kappa shape index (κ3) is 1.96. The van der Waals surface area contributed by atoms with Gasteiger partial charge in [0.2, 0.25) is 0 Å². The lowest BCUT2D eigenvalue weighted by molar-refractivity contribution is 0.0993. The van der Waals surface area contributed by atoms with E-state index in [4.69, 9.17) is 5.26 Å². The van der Waals surface area contributed by atoms with E-state index in [1.807, 2.05) is 0 Å². The van der Waals surface area contributed by atoms with Crippen molar-refractivity contribution >= 4 is 21.7 Å². The lowest BCUT2D eigenvalue weighted by Crippen LogP contribution is -2.03. The average molecular weight is 260 g/mol. The van der Waals surface area contributed by atoms with Gasteiger partial charge in [-0.3, -0.25) is 4.79 Å². The molecule has 0 fully saturated rings. The molecule has 72 valence electrons. The maximum absolute atomic E-state index is 13.1. The van der Waals surface area contributed by atoms with Crippen LogP contribution in [0.1, 0.15) is 16.8 Å². The number of ketones is 1. The van der Waals surface area contributed by atoms with Crippen molar-refractivity contribution in [2.75, 3.05) is 0 Å². The maximum Gasteiger partial charge on any atom is 0.179 e. The molecular formula is C9H4BrF2NO. The number of nitrogens with zero attached hydrogens (tertiary/aromatic N) is 1. The molecule has 0 heterocycles. The zero-order valence-electron chi connectivity index (χ0n) is 6.85. The molecule has 0 N–H and O–H groups in total. The Bertz CT molecular complexity index is 426. The molecule has 1 aromatic rings. The molecule has 0 bridgehead atoms. The van der Waals surface area contributed by atoms with Crippen molar-refractivity contribution in [1.29, 1.82) is 5.26 Å². The Labute approximate surface area is 87.3 Å². The highest BCUT2D eigenvalue weighted by Gasteiger charge is 2.16. The molecule has 0 unspecified atom stereocenters. The molecule has 0 amide bonds. The number of carbonyl (C=O) groups excluding carboxylic acids is 1. The second-order valence-electron chi connectivity index (χ2n) is 2.48. The van der Waals surface area contributed by atoms with Crippen LogP contribution in [0.2, 0.25) is 0 Å². The minimum absolute atomic E-state index is 0.0523. The Balaban J connectivity index is 3.19. The van der Waals surface area contributed by atoms with Crippen LogP contribution >= 0.6 is 15.9 Å². The number of rotatable bonds is 2. The van der Waals surface area contributed by atoms with Crippen molar-refractivity contribution in [2.24, 2.45) is 0 Å². The van der Waals surface area contributed by atoms with E-state index < -0.39 is 29.4 Å². The topological polar surface area (TPSA) is 40.9 Å². The number of carbonyl (C=O) groups is 1. The van der Waals surface area contributed by atoms with Crippen LogP contribution in [0.25, 0.3) is 0 Å². The third-order valence-electron chi connectivity index (χ3n) is 1.58. The highest BCUT2D eigenvalue weighted by atomic mass is 79.9. The van der Waals surface area contributed by atoms with Crippen LogP contribution in [-0.2, 0) is 0 Å². The molecule has 1 rings (SSSR count). The van der Waals surface area contributed by atoms with Crippen LogP contribution in [0.15, 0.2) is 16.6 Å². The van der Waals surface area contributed by atoms with E-state index >= 15 is 0 Å². The van der Waals surface area contributed by atoms with E-state index in [2.05, 4.69) is 15.9 Å². The van der Waals surface area contributed by atoms with Crippen molar-refractivity contribution in [3.63, 3.8) is 0 Å². The Kier molecular flexibility index (Phi) is 3.31. The highest BCUT2D eigenvalue weighted by Crippen LogP contribution is 2.21. The average Bonchev–Trinajstić information content (AvgIpc) is 2.15. The first-order chi connectivity index (χ1) is 6.57. The van der Waals surface area contributed by atoms with Crippen LogP contribution < -0.4 is 0 Å². The zero-order chi connectivity index (χ0) is 10.7. The zero-order valence-corrected chi connectivity index (χ0v) is 8.44. The van der Waals surface area contributed by atoms with Gasteiger partial charge < -0.3 is 0 Å². The number of halogens is 3. The van der Waals surface area contributed by atoms with Gasteiger partial charge in [0.25, 0.3) is 0 Å². The van der Waals surface area contributed by atoms with Crippen LogP contribution in [0.4, 0.5) is 8.78 Å². The summed E-state index contributed by atoms with van der Waals surface area (Å²) in [6.45, 7) is 0. The van der Waals surface area contributed by atoms with Crippen LogP contribution in [0, 0.1) is 23.0 Å². The van der Waals surface area contributed by atoms with Gasteiger partial charge in [-0.15, -0.1) is 0 Å². The Hall–Kier alpha value is -1.28. The van der Waals surface area contributed by atoms with Gasteiger partial charge in [0, 0.05) is 0 Å². The number of hydrogen-bond donors (Lipinski definition) is 0. The van der Waals surface area contributed by atoms with Gasteiger partial charge in [0.1, 0.15) is 0 Å². The molecule has 0 aromatic heterocycles. The first kappa shape index (κ1) is 10.8. The Morgan fingerprint density at radius 3 is 2.64 bits per heavy atom. The van der Waals surface area contributed by atoms with Gasteiger partial charge in [-0.25, -0.2) is 8.78 Å². The lowest BCUT2D eigenvalue weighted by atomic mass is 10.1. The standard InChI is InChI=1S/C9H4BrF2NO/c10-6-2-1-5(7(14)3-4-13)8(11)9(6)12/h1-2H,3H2. The smallest absolute Gasteiger partial charge is 0.179 e. The van der Waals surface area contributed by atoms with Crippen LogP contribution in [-0.4, -0.2) is 5.78 Å². The molecule has 0 aliphatic heterocycles. The van der Waals surface area contributed by atoms with Crippen molar-refractivity contribution < 1.29 is 13.6 Å². The normalized spacial score (nSPS) is 9.57. The van der Waals surface area contributed by atoms with E-state index in [1.165, 1.54) is 6.07 Å². The van der Waals surface area contributed by atoms with Crippen molar-refractivity contribution in [2.45, 2.75) is 6.42 Å². The summed E-state index contributed by atoms with van der Waals surface area (Å²) in [7, 11) is 0. The summed E-state index contributed by atoms with van der Waals surface area (Å²) >= 11 is 2.78. The summed E-state index contributed by atoms with van der Waals surface area (Å²) in [6, 6.07) is 3.94. The predicted molar refractivity (Wildman–Crippen MR) is 48.6 cm³/mol. The number of hydrogen-bond acceptors (Lipinski definition) is 2. The molecule has 0 atom stereocenters. The number of benzene rings is 1. The van der Waals surface area contributed by atoms with Crippen LogP contribution in [0.3, 0.4) is 0 Å². The first-order valence-corrected chi connectivity index (χ1v) is 4.41. The molecule has 0 saturated heterocycles. The first-order valence-electron chi connectivity index (χ1n) is 3.61. The van der Waals surface area contributed by atoms with E-state index in [0.29, 0.717) is 0 Å². The largest absolute Gasteiger partial charge is 0.293 e. The van der Waals surface area contributed by atoms with Crippen molar-refractivity contribution in [3.8, 4) is 6.07 Å². The van der Waals surface area contributed by atoms with Crippen molar-refractivity contribution in [3.05, 3.63) is 33.8 Å². The minimum Gasteiger partial charge on any atom is -0.293 e. The van der Waals surface area contributed by atoms with Gasteiger partial charge in [-0.05, 0) is 28.1 Å². The molecule has 0 aliphatic carbocycles. The quantitative estimate of drug-likeness (QED) is 0.606. The Morgan fingerprint density at radius 2 is 2.07 bits per heavy atom. The fourth-order valence-corrected chi connectivity index (χ4v) is 1.21. The summed E-state index contributed by atoms with van der Waals surface area (Å²) < 4.78 is 26.0. The fraction of sp³-hybridized carbons (Fsp3) is 0.111. The summed E-state index contributed by atoms with van der Waals surface area (Å²) in [5.74, 6) is -3.06. The summed E-state index contributed by atoms with van der Waals surface area (Å²) in [5, 5.41) is 8.22.